The highest BCUT2D eigenvalue weighted by Crippen LogP contribution is 2.31. The van der Waals surface area contributed by atoms with Crippen LogP contribution in [0.3, 0.4) is 0 Å². The van der Waals surface area contributed by atoms with E-state index in [2.05, 4.69) is 35.8 Å². The van der Waals surface area contributed by atoms with Crippen molar-refractivity contribution in [1.82, 2.24) is 20.4 Å². The molecule has 5 rings (SSSR count). The Morgan fingerprint density at radius 3 is 2.42 bits per heavy atom. The normalized spacial score (nSPS) is 11.0. The maximum Gasteiger partial charge on any atom is 0.319 e. The fourth-order valence-electron chi connectivity index (χ4n) is 3.91. The fourth-order valence-corrected chi connectivity index (χ4v) is 5.22. The van der Waals surface area contributed by atoms with Crippen LogP contribution in [0.25, 0.3) is 22.8 Å². The number of sulfonamides is 1. The molecule has 0 atom stereocenters. The van der Waals surface area contributed by atoms with E-state index in [0.717, 1.165) is 0 Å². The van der Waals surface area contributed by atoms with Crippen LogP contribution >= 0.6 is 11.6 Å². The summed E-state index contributed by atoms with van der Waals surface area (Å²) in [5.41, 5.74) is 2.53. The van der Waals surface area contributed by atoms with E-state index in [1.165, 1.54) is 30.5 Å². The minimum atomic E-state index is -3.94. The summed E-state index contributed by atoms with van der Waals surface area (Å²) in [5.74, 6) is 0.0130. The van der Waals surface area contributed by atoms with Gasteiger partial charge in [-0.15, -0.1) is 0 Å². The van der Waals surface area contributed by atoms with E-state index in [1.807, 2.05) is 0 Å². The van der Waals surface area contributed by atoms with Gasteiger partial charge in [-0.05, 0) is 79.7 Å². The Kier molecular flexibility index (Phi) is 8.64. The van der Waals surface area contributed by atoms with Crippen LogP contribution in [0.15, 0.2) is 101 Å². The summed E-state index contributed by atoms with van der Waals surface area (Å²) >= 11 is 6.47. The Morgan fingerprint density at radius 1 is 0.907 bits per heavy atom. The third kappa shape index (κ3) is 7.15. The molecule has 43 heavy (non-hydrogen) atoms. The smallest absolute Gasteiger partial charge is 0.319 e. The number of hydrogen-bond acceptors (Lipinski definition) is 8. The first-order valence-electron chi connectivity index (χ1n) is 12.8. The zero-order chi connectivity index (χ0) is 30.4. The fraction of sp³-hybridized carbons (Fsp3) is 0.0690. The molecule has 0 unspecified atom stereocenters. The number of rotatable bonds is 9. The third-order valence-corrected chi connectivity index (χ3v) is 7.65. The van der Waals surface area contributed by atoms with Crippen LogP contribution in [0.4, 0.5) is 21.9 Å². The van der Waals surface area contributed by atoms with Gasteiger partial charge in [0.15, 0.2) is 0 Å². The van der Waals surface area contributed by atoms with E-state index in [4.69, 9.17) is 16.1 Å². The number of anilines is 3. The molecule has 0 aliphatic rings. The Balaban J connectivity index is 1.28. The molecule has 0 saturated heterocycles. The molecule has 3 aromatic carbocycles. The van der Waals surface area contributed by atoms with Gasteiger partial charge < -0.3 is 20.5 Å². The topological polar surface area (TPSA) is 168 Å². The molecule has 2 heterocycles. The Labute approximate surface area is 251 Å². The summed E-state index contributed by atoms with van der Waals surface area (Å²) in [4.78, 5) is 32.5. The van der Waals surface area contributed by atoms with Crippen molar-refractivity contribution in [3.8, 4) is 22.8 Å². The van der Waals surface area contributed by atoms with Crippen LogP contribution < -0.4 is 20.7 Å². The lowest BCUT2D eigenvalue weighted by atomic mass is 10.1. The predicted molar refractivity (Wildman–Crippen MR) is 162 cm³/mol. The van der Waals surface area contributed by atoms with Crippen molar-refractivity contribution in [2.45, 2.75) is 11.8 Å². The average molecular weight is 618 g/mol. The van der Waals surface area contributed by atoms with Gasteiger partial charge in [0.25, 0.3) is 21.8 Å². The molecule has 0 radical (unpaired) electrons. The van der Waals surface area contributed by atoms with Gasteiger partial charge in [0.2, 0.25) is 5.82 Å². The minimum Gasteiger partial charge on any atom is -0.338 e. The van der Waals surface area contributed by atoms with Gasteiger partial charge in [-0.1, -0.05) is 22.8 Å². The highest BCUT2D eigenvalue weighted by Gasteiger charge is 2.18. The summed E-state index contributed by atoms with van der Waals surface area (Å²) in [6.07, 6.45) is 3.03. The minimum absolute atomic E-state index is 0.00847. The molecule has 2 aromatic heterocycles. The van der Waals surface area contributed by atoms with Crippen LogP contribution in [-0.2, 0) is 10.0 Å². The molecule has 218 valence electrons. The molecule has 3 amide bonds. The van der Waals surface area contributed by atoms with E-state index < -0.39 is 10.0 Å². The van der Waals surface area contributed by atoms with Crippen molar-refractivity contribution >= 4 is 50.6 Å². The molecule has 0 bridgehead atoms. The van der Waals surface area contributed by atoms with E-state index in [-0.39, 0.29) is 39.3 Å². The average Bonchev–Trinajstić information content (AvgIpc) is 3.48. The predicted octanol–water partition coefficient (Wildman–Crippen LogP) is 5.65. The van der Waals surface area contributed by atoms with Gasteiger partial charge >= 0.3 is 6.03 Å². The number of carbonyl (C=O) groups excluding carboxylic acids is 2. The van der Waals surface area contributed by atoms with Gasteiger partial charge in [0, 0.05) is 47.1 Å². The number of hydrogen-bond donors (Lipinski definition) is 4. The molecular formula is C29H24ClN7O5S. The Bertz CT molecular complexity index is 1880. The number of halogens is 1. The molecule has 0 aliphatic carbocycles. The monoisotopic (exact) mass is 617 g/mol. The number of carbonyl (C=O) groups is 2. The lowest BCUT2D eigenvalue weighted by molar-refractivity contribution is 0.102. The number of nitrogens with one attached hydrogen (secondary N) is 4. The SMILES string of the molecule is CCNC(=O)Nc1ccc(S(=O)(=O)Nc2cccc(-c3nc(-c4ccc(NC(=O)c5cccnc5)cc4Cl)no3)c2)cc1. The maximum atomic E-state index is 13.0. The number of urea groups is 1. The summed E-state index contributed by atoms with van der Waals surface area (Å²) < 4.78 is 33.9. The van der Waals surface area contributed by atoms with Crippen molar-refractivity contribution < 1.29 is 22.5 Å². The lowest BCUT2D eigenvalue weighted by Crippen LogP contribution is -2.28. The van der Waals surface area contributed by atoms with E-state index in [9.17, 15) is 18.0 Å². The molecule has 0 fully saturated rings. The lowest BCUT2D eigenvalue weighted by Gasteiger charge is -2.10. The molecule has 0 saturated carbocycles. The second-order valence-electron chi connectivity index (χ2n) is 9.01. The maximum absolute atomic E-state index is 13.0. The van der Waals surface area contributed by atoms with Crippen molar-refractivity contribution in [2.24, 2.45) is 0 Å². The van der Waals surface area contributed by atoms with Gasteiger partial charge in [-0.3, -0.25) is 14.5 Å². The van der Waals surface area contributed by atoms with E-state index >= 15 is 0 Å². The largest absolute Gasteiger partial charge is 0.338 e. The van der Waals surface area contributed by atoms with Crippen LogP contribution in [0.5, 0.6) is 0 Å². The van der Waals surface area contributed by atoms with Crippen LogP contribution in [0.2, 0.25) is 5.02 Å². The second kappa shape index (κ2) is 12.7. The quantitative estimate of drug-likeness (QED) is 0.165. The first-order chi connectivity index (χ1) is 20.7. The van der Waals surface area contributed by atoms with Gasteiger partial charge in [0.05, 0.1) is 15.5 Å². The third-order valence-electron chi connectivity index (χ3n) is 5.94. The number of pyridine rings is 1. The standard InChI is InChI=1S/C29H24ClN7O5S/c1-2-32-29(39)34-20-8-11-23(12-9-20)43(40,41)37-22-7-3-5-18(15-22)28-35-26(36-42-28)24-13-10-21(16-25(24)30)33-27(38)19-6-4-14-31-17-19/h3-17,37H,2H2,1H3,(H,33,38)(H2,32,34,39). The van der Waals surface area contributed by atoms with Crippen molar-refractivity contribution in [3.05, 3.63) is 102 Å². The van der Waals surface area contributed by atoms with Crippen LogP contribution in [-0.4, -0.2) is 42.0 Å². The zero-order valence-corrected chi connectivity index (χ0v) is 24.1. The Morgan fingerprint density at radius 2 is 1.70 bits per heavy atom. The molecule has 14 heteroatoms. The van der Waals surface area contributed by atoms with E-state index in [0.29, 0.717) is 34.6 Å². The first-order valence-corrected chi connectivity index (χ1v) is 14.7. The van der Waals surface area contributed by atoms with Crippen LogP contribution in [0.1, 0.15) is 17.3 Å². The molecule has 0 aliphatic heterocycles. The number of amides is 3. The number of nitrogens with zero attached hydrogens (tertiary/aromatic N) is 3. The molecular weight excluding hydrogens is 594 g/mol. The van der Waals surface area contributed by atoms with Crippen molar-refractivity contribution in [3.63, 3.8) is 0 Å². The number of aromatic nitrogens is 3. The second-order valence-corrected chi connectivity index (χ2v) is 11.1. The van der Waals surface area contributed by atoms with Crippen LogP contribution in [0, 0.1) is 0 Å². The number of benzene rings is 3. The molecule has 12 nitrogen and oxygen atoms in total. The summed E-state index contributed by atoms with van der Waals surface area (Å²) in [6, 6.07) is 20.0. The summed E-state index contributed by atoms with van der Waals surface area (Å²) in [7, 11) is -3.94. The molecule has 4 N–H and O–H groups in total. The van der Waals surface area contributed by atoms with Gasteiger partial charge in [-0.2, -0.15) is 4.98 Å². The molecule has 0 spiro atoms. The van der Waals surface area contributed by atoms with Crippen molar-refractivity contribution in [2.75, 3.05) is 21.9 Å². The highest BCUT2D eigenvalue weighted by molar-refractivity contribution is 7.92. The van der Waals surface area contributed by atoms with Gasteiger partial charge in [-0.25, -0.2) is 13.2 Å². The summed E-state index contributed by atoms with van der Waals surface area (Å²) in [6.45, 7) is 2.25. The first kappa shape index (κ1) is 29.2. The summed E-state index contributed by atoms with van der Waals surface area (Å²) in [5, 5.41) is 12.3. The highest BCUT2D eigenvalue weighted by atomic mass is 35.5. The van der Waals surface area contributed by atoms with Gasteiger partial charge in [0.1, 0.15) is 0 Å². The van der Waals surface area contributed by atoms with E-state index in [1.54, 1.807) is 67.7 Å². The van der Waals surface area contributed by atoms with Crippen molar-refractivity contribution in [1.29, 1.82) is 0 Å². The Hall–Kier alpha value is -5.27. The molecule has 5 aromatic rings. The zero-order valence-electron chi connectivity index (χ0n) is 22.5.